The lowest BCUT2D eigenvalue weighted by atomic mass is 9.72. The topological polar surface area (TPSA) is 94.6 Å². The Kier molecular flexibility index (Phi) is 5.17. The first kappa shape index (κ1) is 21.5. The molecule has 0 spiro atoms. The molecule has 0 saturated heterocycles. The maximum Gasteiger partial charge on any atom is 0.271 e. The molecule has 7 nitrogen and oxygen atoms in total. The molecule has 1 aromatic heterocycles. The zero-order chi connectivity index (χ0) is 24.0. The first-order valence-corrected chi connectivity index (χ1v) is 10.9. The molecule has 0 N–H and O–H groups in total. The zero-order valence-corrected chi connectivity index (χ0v) is 18.6. The molecule has 0 unspecified atom stereocenters. The van der Waals surface area contributed by atoms with Crippen molar-refractivity contribution in [3.8, 4) is 5.69 Å². The number of rotatable bonds is 4. The number of hydrogen-bond acceptors (Lipinski definition) is 5. The lowest BCUT2D eigenvalue weighted by Crippen LogP contribution is -2.35. The maximum atomic E-state index is 13.0. The standard InChI is InChI=1S/C27H21N3O4/c1-16-12-18(17(2)29(16)20-6-5-7-21(14-20)30(33)34)15-28-19-10-11-24-25(13-19)27(32)23-9-4-3-8-22(23)26(24)31/h3-15,24-25H,1-2H3/t24-,25+/m0/s1. The van der Waals surface area contributed by atoms with Crippen molar-refractivity contribution < 1.29 is 14.5 Å². The van der Waals surface area contributed by atoms with E-state index in [2.05, 4.69) is 4.99 Å². The van der Waals surface area contributed by atoms with E-state index < -0.39 is 16.8 Å². The smallest absolute Gasteiger partial charge is 0.271 e. The minimum atomic E-state index is -0.558. The van der Waals surface area contributed by atoms with Crippen LogP contribution in [0.5, 0.6) is 0 Å². The Morgan fingerprint density at radius 3 is 2.38 bits per heavy atom. The number of allylic oxidation sites excluding steroid dienone is 3. The Balaban J connectivity index is 1.45. The average molecular weight is 451 g/mol. The number of nitrogens with zero attached hydrogens (tertiary/aromatic N) is 3. The molecule has 3 aromatic rings. The molecule has 2 aliphatic rings. The second kappa shape index (κ2) is 8.19. The molecule has 0 saturated carbocycles. The van der Waals surface area contributed by atoms with Gasteiger partial charge in [-0.15, -0.1) is 0 Å². The number of nitro groups is 1. The normalized spacial score (nSPS) is 19.2. The van der Waals surface area contributed by atoms with E-state index in [9.17, 15) is 19.7 Å². The molecule has 34 heavy (non-hydrogen) atoms. The van der Waals surface area contributed by atoms with Crippen LogP contribution in [-0.4, -0.2) is 27.3 Å². The summed E-state index contributed by atoms with van der Waals surface area (Å²) in [5, 5.41) is 11.2. The highest BCUT2D eigenvalue weighted by molar-refractivity contribution is 6.17. The summed E-state index contributed by atoms with van der Waals surface area (Å²) in [6.07, 6.45) is 7.02. The molecule has 0 bridgehead atoms. The van der Waals surface area contributed by atoms with Gasteiger partial charge in [0.05, 0.1) is 28.1 Å². The lowest BCUT2D eigenvalue weighted by molar-refractivity contribution is -0.384. The van der Waals surface area contributed by atoms with Crippen LogP contribution in [0.25, 0.3) is 5.69 Å². The number of nitro benzene ring substituents is 1. The molecule has 1 heterocycles. The molecule has 2 atom stereocenters. The second-order valence-corrected chi connectivity index (χ2v) is 8.47. The Hall–Kier alpha value is -4.39. The highest BCUT2D eigenvalue weighted by atomic mass is 16.6. The highest BCUT2D eigenvalue weighted by Gasteiger charge is 2.40. The Morgan fingerprint density at radius 1 is 0.971 bits per heavy atom. The molecule has 2 aromatic carbocycles. The number of aliphatic imine (C=N–C) groups is 1. The Labute approximate surface area is 195 Å². The average Bonchev–Trinajstić information content (AvgIpc) is 3.13. The van der Waals surface area contributed by atoms with Crippen molar-refractivity contribution in [1.82, 2.24) is 4.57 Å². The number of aromatic nitrogens is 1. The SMILES string of the molecule is Cc1cc(C=NC2=C[C@H]3C(=O)c4ccccc4C(=O)[C@H]3C=C2)c(C)n1-c1cccc([N+](=O)[O-])c1. The Morgan fingerprint density at radius 2 is 1.68 bits per heavy atom. The van der Waals surface area contributed by atoms with Gasteiger partial charge in [-0.3, -0.25) is 24.7 Å². The number of carbonyl (C=O) groups excluding carboxylic acids is 2. The van der Waals surface area contributed by atoms with Crippen molar-refractivity contribution in [3.63, 3.8) is 0 Å². The van der Waals surface area contributed by atoms with Crippen LogP contribution < -0.4 is 0 Å². The van der Waals surface area contributed by atoms with Gasteiger partial charge in [0, 0.05) is 46.4 Å². The third-order valence-corrected chi connectivity index (χ3v) is 6.40. The van der Waals surface area contributed by atoms with Gasteiger partial charge in [-0.05, 0) is 38.1 Å². The number of aryl methyl sites for hydroxylation is 1. The fourth-order valence-electron chi connectivity index (χ4n) is 4.72. The van der Waals surface area contributed by atoms with Crippen LogP contribution in [0.1, 0.15) is 37.7 Å². The van der Waals surface area contributed by atoms with E-state index in [4.69, 9.17) is 0 Å². The first-order valence-electron chi connectivity index (χ1n) is 10.9. The summed E-state index contributed by atoms with van der Waals surface area (Å²) in [4.78, 5) is 41.2. The molecule has 2 aliphatic carbocycles. The van der Waals surface area contributed by atoms with Gasteiger partial charge in [-0.1, -0.05) is 36.4 Å². The van der Waals surface area contributed by atoms with Gasteiger partial charge in [0.2, 0.25) is 0 Å². The summed E-state index contributed by atoms with van der Waals surface area (Å²) >= 11 is 0. The first-order chi connectivity index (χ1) is 16.3. The van der Waals surface area contributed by atoms with Crippen molar-refractivity contribution in [2.75, 3.05) is 0 Å². The molecule has 5 rings (SSSR count). The summed E-state index contributed by atoms with van der Waals surface area (Å²) in [5.41, 5.74) is 4.94. The third-order valence-electron chi connectivity index (χ3n) is 6.40. The van der Waals surface area contributed by atoms with Crippen molar-refractivity contribution in [2.24, 2.45) is 16.8 Å². The maximum absolute atomic E-state index is 13.0. The number of carbonyl (C=O) groups is 2. The minimum Gasteiger partial charge on any atom is -0.318 e. The predicted octanol–water partition coefficient (Wildman–Crippen LogP) is 5.19. The summed E-state index contributed by atoms with van der Waals surface area (Å²) in [6.45, 7) is 3.85. The van der Waals surface area contributed by atoms with Crippen LogP contribution in [0.2, 0.25) is 0 Å². The van der Waals surface area contributed by atoms with Crippen molar-refractivity contribution in [3.05, 3.63) is 117 Å². The third kappa shape index (κ3) is 3.51. The van der Waals surface area contributed by atoms with E-state index in [1.54, 1.807) is 54.8 Å². The molecule has 7 heteroatoms. The zero-order valence-electron chi connectivity index (χ0n) is 18.6. The van der Waals surface area contributed by atoms with Crippen LogP contribution in [0.3, 0.4) is 0 Å². The number of non-ortho nitro benzene ring substituents is 1. The molecule has 0 amide bonds. The van der Waals surface area contributed by atoms with E-state index in [0.29, 0.717) is 22.5 Å². The van der Waals surface area contributed by atoms with Gasteiger partial charge in [0.1, 0.15) is 0 Å². The predicted molar refractivity (Wildman–Crippen MR) is 129 cm³/mol. The van der Waals surface area contributed by atoms with E-state index >= 15 is 0 Å². The molecular formula is C27H21N3O4. The van der Waals surface area contributed by atoms with Gasteiger partial charge >= 0.3 is 0 Å². The molecule has 0 radical (unpaired) electrons. The number of fused-ring (bicyclic) bond motifs is 2. The number of hydrogen-bond donors (Lipinski definition) is 0. The van der Waals surface area contributed by atoms with Crippen LogP contribution >= 0.6 is 0 Å². The van der Waals surface area contributed by atoms with Crippen LogP contribution in [0.15, 0.2) is 83.5 Å². The summed E-state index contributed by atoms with van der Waals surface area (Å²) in [7, 11) is 0. The molecule has 0 fully saturated rings. The number of Topliss-reactive ketones (excluding diaryl/α,β-unsaturated/α-hetero) is 2. The van der Waals surface area contributed by atoms with Crippen LogP contribution in [-0.2, 0) is 0 Å². The molecule has 0 aliphatic heterocycles. The molecule has 168 valence electrons. The fraction of sp³-hybridized carbons (Fsp3) is 0.148. The Bertz CT molecular complexity index is 1460. The van der Waals surface area contributed by atoms with Gasteiger partial charge in [-0.25, -0.2) is 0 Å². The van der Waals surface area contributed by atoms with Gasteiger partial charge in [0.25, 0.3) is 5.69 Å². The van der Waals surface area contributed by atoms with E-state index in [1.807, 2.05) is 30.5 Å². The van der Waals surface area contributed by atoms with Crippen molar-refractivity contribution >= 4 is 23.5 Å². The van der Waals surface area contributed by atoms with E-state index in [-0.39, 0.29) is 17.3 Å². The monoisotopic (exact) mass is 451 g/mol. The fourth-order valence-corrected chi connectivity index (χ4v) is 4.72. The van der Waals surface area contributed by atoms with Gasteiger partial charge < -0.3 is 4.57 Å². The van der Waals surface area contributed by atoms with Gasteiger partial charge in [-0.2, -0.15) is 0 Å². The van der Waals surface area contributed by atoms with Crippen LogP contribution in [0, 0.1) is 35.8 Å². The van der Waals surface area contributed by atoms with Gasteiger partial charge in [0.15, 0.2) is 11.6 Å². The lowest BCUT2D eigenvalue weighted by Gasteiger charge is -2.28. The number of ketones is 2. The second-order valence-electron chi connectivity index (χ2n) is 8.47. The summed E-state index contributed by atoms with van der Waals surface area (Å²) in [6, 6.07) is 15.4. The minimum absolute atomic E-state index is 0.0283. The van der Waals surface area contributed by atoms with Crippen LogP contribution in [0.4, 0.5) is 5.69 Å². The molecular weight excluding hydrogens is 430 g/mol. The van der Waals surface area contributed by atoms with Crippen molar-refractivity contribution in [1.29, 1.82) is 0 Å². The highest BCUT2D eigenvalue weighted by Crippen LogP contribution is 2.35. The largest absolute Gasteiger partial charge is 0.318 e. The summed E-state index contributed by atoms with van der Waals surface area (Å²) < 4.78 is 1.94. The number of benzene rings is 2. The van der Waals surface area contributed by atoms with E-state index in [0.717, 1.165) is 17.0 Å². The quantitative estimate of drug-likeness (QED) is 0.310. The van der Waals surface area contributed by atoms with E-state index in [1.165, 1.54) is 12.1 Å². The van der Waals surface area contributed by atoms with Crippen molar-refractivity contribution in [2.45, 2.75) is 13.8 Å². The summed E-state index contributed by atoms with van der Waals surface area (Å²) in [5.74, 6) is -1.17.